The number of nitrogens with zero attached hydrogens (tertiary/aromatic N) is 1. The van der Waals surface area contributed by atoms with E-state index >= 15 is 0 Å². The molecule has 18 heavy (non-hydrogen) atoms. The molecule has 0 aliphatic heterocycles. The number of aliphatic imine (C=N–C) groups is 1. The van der Waals surface area contributed by atoms with E-state index in [9.17, 15) is 0 Å². The summed E-state index contributed by atoms with van der Waals surface area (Å²) in [6, 6.07) is 5.44. The van der Waals surface area contributed by atoms with Crippen molar-refractivity contribution in [2.75, 3.05) is 0 Å². The van der Waals surface area contributed by atoms with E-state index in [0.29, 0.717) is 15.9 Å². The van der Waals surface area contributed by atoms with Gasteiger partial charge in [0, 0.05) is 12.6 Å². The first-order valence-corrected chi connectivity index (χ1v) is 6.83. The van der Waals surface area contributed by atoms with Crippen LogP contribution < -0.4 is 5.73 Å². The molecule has 0 aromatic heterocycles. The van der Waals surface area contributed by atoms with Gasteiger partial charge >= 0.3 is 0 Å². The molecule has 0 saturated heterocycles. The molecule has 98 valence electrons. The van der Waals surface area contributed by atoms with Crippen LogP contribution in [0.5, 0.6) is 0 Å². The minimum Gasteiger partial charge on any atom is -0.387 e. The molecule has 0 saturated carbocycles. The van der Waals surface area contributed by atoms with E-state index in [1.165, 1.54) is 12.8 Å². The Morgan fingerprint density at radius 1 is 1.28 bits per heavy atom. The molecule has 4 heteroatoms. The first-order chi connectivity index (χ1) is 8.63. The number of rotatable bonds is 6. The number of halogens is 2. The smallest absolute Gasteiger partial charge is 0.0988 e. The Morgan fingerprint density at radius 2 is 2.06 bits per heavy atom. The van der Waals surface area contributed by atoms with E-state index in [1.807, 2.05) is 12.1 Å². The molecule has 0 unspecified atom stereocenters. The fraction of sp³-hybridized carbons (Fsp3) is 0.357. The summed E-state index contributed by atoms with van der Waals surface area (Å²) in [5, 5.41) is 1.09. The second-order valence-corrected chi connectivity index (χ2v) is 4.88. The van der Waals surface area contributed by atoms with Crippen LogP contribution in [0.2, 0.25) is 10.0 Å². The normalized spacial score (nSPS) is 12.3. The van der Waals surface area contributed by atoms with Gasteiger partial charge in [0.05, 0.1) is 15.9 Å². The summed E-state index contributed by atoms with van der Waals surface area (Å²) < 4.78 is 0. The van der Waals surface area contributed by atoms with Gasteiger partial charge in [0.25, 0.3) is 0 Å². The molecule has 1 aromatic carbocycles. The van der Waals surface area contributed by atoms with Crippen molar-refractivity contribution in [2.45, 2.75) is 32.6 Å². The molecule has 0 aliphatic rings. The zero-order valence-electron chi connectivity index (χ0n) is 10.5. The standard InChI is InChI=1S/C14H18Cl2N2/c1-2-3-4-5-14(17)18-9-8-11-6-7-12(15)13(16)10-11/h6-10H,2-5H2,1H3,(H2,17,18). The molecule has 0 spiro atoms. The van der Waals surface area contributed by atoms with Gasteiger partial charge in [0.2, 0.25) is 0 Å². The molecule has 0 radical (unpaired) electrons. The van der Waals surface area contributed by atoms with Gasteiger partial charge in [0.1, 0.15) is 0 Å². The minimum atomic E-state index is 0.540. The van der Waals surface area contributed by atoms with Crippen LogP contribution in [-0.4, -0.2) is 5.84 Å². The van der Waals surface area contributed by atoms with Crippen LogP contribution in [-0.2, 0) is 0 Å². The molecule has 0 amide bonds. The first-order valence-electron chi connectivity index (χ1n) is 6.07. The van der Waals surface area contributed by atoms with Gasteiger partial charge in [-0.1, -0.05) is 49.0 Å². The SMILES string of the molecule is CCCCCC(N)=NC=Cc1ccc(Cl)c(Cl)c1. The van der Waals surface area contributed by atoms with Crippen molar-refractivity contribution in [3.63, 3.8) is 0 Å². The predicted molar refractivity (Wildman–Crippen MR) is 81.3 cm³/mol. The summed E-state index contributed by atoms with van der Waals surface area (Å²) in [6.07, 6.45) is 7.86. The van der Waals surface area contributed by atoms with Crippen LogP contribution in [0.1, 0.15) is 38.2 Å². The Hall–Kier alpha value is -0.990. The number of benzene rings is 1. The van der Waals surface area contributed by atoms with Crippen molar-refractivity contribution in [3.05, 3.63) is 40.0 Å². The van der Waals surface area contributed by atoms with E-state index in [-0.39, 0.29) is 0 Å². The summed E-state index contributed by atoms with van der Waals surface area (Å²) in [6.45, 7) is 2.16. The van der Waals surface area contributed by atoms with Gasteiger partial charge in [-0.2, -0.15) is 0 Å². The Labute approximate surface area is 119 Å². The predicted octanol–water partition coefficient (Wildman–Crippen LogP) is 4.90. The van der Waals surface area contributed by atoms with Crippen molar-refractivity contribution in [1.29, 1.82) is 0 Å². The lowest BCUT2D eigenvalue weighted by Gasteiger charge is -1.98. The maximum Gasteiger partial charge on any atom is 0.0988 e. The van der Waals surface area contributed by atoms with Crippen LogP contribution in [0.3, 0.4) is 0 Å². The van der Waals surface area contributed by atoms with Crippen molar-refractivity contribution in [1.82, 2.24) is 0 Å². The zero-order chi connectivity index (χ0) is 13.4. The molecule has 2 nitrogen and oxygen atoms in total. The third-order valence-corrected chi connectivity index (χ3v) is 3.23. The molecule has 0 bridgehead atoms. The van der Waals surface area contributed by atoms with Crippen molar-refractivity contribution >= 4 is 35.1 Å². The molecule has 0 fully saturated rings. The van der Waals surface area contributed by atoms with Crippen molar-refractivity contribution in [2.24, 2.45) is 10.7 Å². The van der Waals surface area contributed by atoms with Crippen LogP contribution >= 0.6 is 23.2 Å². The van der Waals surface area contributed by atoms with E-state index < -0.39 is 0 Å². The Bertz CT molecular complexity index is 439. The molecule has 1 rings (SSSR count). The molecule has 1 aromatic rings. The maximum absolute atomic E-state index is 5.91. The lowest BCUT2D eigenvalue weighted by molar-refractivity contribution is 0.740. The number of hydrogen-bond acceptors (Lipinski definition) is 1. The van der Waals surface area contributed by atoms with E-state index in [4.69, 9.17) is 28.9 Å². The van der Waals surface area contributed by atoms with Gasteiger partial charge < -0.3 is 5.73 Å². The molecular weight excluding hydrogens is 267 g/mol. The third-order valence-electron chi connectivity index (χ3n) is 2.49. The minimum absolute atomic E-state index is 0.540. The highest BCUT2D eigenvalue weighted by molar-refractivity contribution is 6.42. The van der Waals surface area contributed by atoms with Crippen LogP contribution in [0.15, 0.2) is 29.4 Å². The van der Waals surface area contributed by atoms with Crippen LogP contribution in [0.25, 0.3) is 6.08 Å². The fourth-order valence-corrected chi connectivity index (χ4v) is 1.76. The fourth-order valence-electron chi connectivity index (χ4n) is 1.46. The van der Waals surface area contributed by atoms with Gasteiger partial charge in [-0.25, -0.2) is 4.99 Å². The Kier molecular flexibility index (Phi) is 6.84. The molecular formula is C14H18Cl2N2. The molecule has 0 aliphatic carbocycles. The monoisotopic (exact) mass is 284 g/mol. The number of unbranched alkanes of at least 4 members (excludes halogenated alkanes) is 2. The summed E-state index contributed by atoms with van der Waals surface area (Å²) in [7, 11) is 0. The lowest BCUT2D eigenvalue weighted by Crippen LogP contribution is -2.10. The van der Waals surface area contributed by atoms with Gasteiger partial charge in [-0.3, -0.25) is 0 Å². The van der Waals surface area contributed by atoms with Crippen molar-refractivity contribution < 1.29 is 0 Å². The maximum atomic E-state index is 5.91. The average molecular weight is 285 g/mol. The lowest BCUT2D eigenvalue weighted by atomic mass is 10.2. The Balaban J connectivity index is 2.53. The summed E-state index contributed by atoms with van der Waals surface area (Å²) in [5.74, 6) is 0.666. The molecule has 0 atom stereocenters. The first kappa shape index (κ1) is 15.1. The highest BCUT2D eigenvalue weighted by atomic mass is 35.5. The third kappa shape index (κ3) is 5.56. The Morgan fingerprint density at radius 3 is 2.72 bits per heavy atom. The number of nitrogens with two attached hydrogens (primary N) is 1. The second-order valence-electron chi connectivity index (χ2n) is 4.07. The molecule has 0 heterocycles. The van der Waals surface area contributed by atoms with Gasteiger partial charge in [0.15, 0.2) is 0 Å². The zero-order valence-corrected chi connectivity index (χ0v) is 12.0. The molecule has 2 N–H and O–H groups in total. The quantitative estimate of drug-likeness (QED) is 0.450. The van der Waals surface area contributed by atoms with E-state index in [1.54, 1.807) is 18.3 Å². The number of amidine groups is 1. The summed E-state index contributed by atoms with van der Waals surface area (Å²) >= 11 is 11.7. The average Bonchev–Trinajstić information content (AvgIpc) is 2.34. The van der Waals surface area contributed by atoms with Crippen molar-refractivity contribution in [3.8, 4) is 0 Å². The largest absolute Gasteiger partial charge is 0.387 e. The van der Waals surface area contributed by atoms with Crippen LogP contribution in [0, 0.1) is 0 Å². The van der Waals surface area contributed by atoms with E-state index in [0.717, 1.165) is 18.4 Å². The van der Waals surface area contributed by atoms with Crippen LogP contribution in [0.4, 0.5) is 0 Å². The highest BCUT2D eigenvalue weighted by Gasteiger charge is 1.96. The summed E-state index contributed by atoms with van der Waals surface area (Å²) in [5.41, 5.74) is 6.74. The van der Waals surface area contributed by atoms with E-state index in [2.05, 4.69) is 11.9 Å². The summed E-state index contributed by atoms with van der Waals surface area (Å²) in [4.78, 5) is 4.18. The highest BCUT2D eigenvalue weighted by Crippen LogP contribution is 2.23. The van der Waals surface area contributed by atoms with Gasteiger partial charge in [-0.15, -0.1) is 0 Å². The van der Waals surface area contributed by atoms with Gasteiger partial charge in [-0.05, 0) is 30.2 Å². The topological polar surface area (TPSA) is 38.4 Å². The number of hydrogen-bond donors (Lipinski definition) is 1. The second kappa shape index (κ2) is 8.17.